The summed E-state index contributed by atoms with van der Waals surface area (Å²) in [6, 6.07) is 16.3. The summed E-state index contributed by atoms with van der Waals surface area (Å²) >= 11 is 0. The van der Waals surface area contributed by atoms with Gasteiger partial charge < -0.3 is 9.80 Å². The van der Waals surface area contributed by atoms with Crippen molar-refractivity contribution in [2.75, 3.05) is 26.2 Å². The largest absolute Gasteiger partial charge is 0.339 e. The van der Waals surface area contributed by atoms with Crippen LogP contribution in [0.2, 0.25) is 0 Å². The van der Waals surface area contributed by atoms with Gasteiger partial charge in [0.1, 0.15) is 5.82 Å². The van der Waals surface area contributed by atoms with E-state index in [4.69, 9.17) is 0 Å². The highest BCUT2D eigenvalue weighted by molar-refractivity contribution is 5.81. The Kier molecular flexibility index (Phi) is 6.22. The Morgan fingerprint density at radius 2 is 1.52 bits per heavy atom. The van der Waals surface area contributed by atoms with Crippen LogP contribution in [-0.4, -0.2) is 47.8 Å². The molecule has 2 amide bonds. The first-order chi connectivity index (χ1) is 13.0. The van der Waals surface area contributed by atoms with E-state index in [-0.39, 0.29) is 23.5 Å². The molecule has 0 radical (unpaired) electrons. The quantitative estimate of drug-likeness (QED) is 0.814. The summed E-state index contributed by atoms with van der Waals surface area (Å²) in [5, 5.41) is 0. The van der Waals surface area contributed by atoms with E-state index in [0.717, 1.165) is 5.56 Å². The summed E-state index contributed by atoms with van der Waals surface area (Å²) in [6.45, 7) is 3.98. The van der Waals surface area contributed by atoms with Crippen molar-refractivity contribution < 1.29 is 14.0 Å². The first-order valence-electron chi connectivity index (χ1n) is 9.38. The fourth-order valence-corrected chi connectivity index (χ4v) is 3.45. The van der Waals surface area contributed by atoms with Gasteiger partial charge in [-0.25, -0.2) is 4.39 Å². The standard InChI is InChI=1S/C22H25FN2O2/c1-17(15-19-9-5-6-10-20(19)23)22(27)25-13-11-24(12-14-25)21(26)16-18-7-3-2-4-8-18/h2-10,17H,11-16H2,1H3. The Balaban J connectivity index is 1.50. The molecular formula is C22H25FN2O2. The highest BCUT2D eigenvalue weighted by Crippen LogP contribution is 2.16. The number of carbonyl (C=O) groups excluding carboxylic acids is 2. The van der Waals surface area contributed by atoms with Crippen molar-refractivity contribution in [3.05, 3.63) is 71.5 Å². The second kappa shape index (κ2) is 8.80. The van der Waals surface area contributed by atoms with E-state index in [0.29, 0.717) is 44.6 Å². The van der Waals surface area contributed by atoms with E-state index in [1.165, 1.54) is 6.07 Å². The number of benzene rings is 2. The van der Waals surface area contributed by atoms with Crippen molar-refractivity contribution in [2.24, 2.45) is 5.92 Å². The number of nitrogens with zero attached hydrogens (tertiary/aromatic N) is 2. The Morgan fingerprint density at radius 1 is 0.926 bits per heavy atom. The molecule has 3 rings (SSSR count). The summed E-state index contributed by atoms with van der Waals surface area (Å²) in [5.74, 6) is -0.442. The van der Waals surface area contributed by atoms with Gasteiger partial charge in [-0.1, -0.05) is 55.5 Å². The predicted molar refractivity (Wildman–Crippen MR) is 103 cm³/mol. The maximum atomic E-state index is 13.8. The zero-order valence-corrected chi connectivity index (χ0v) is 15.6. The smallest absolute Gasteiger partial charge is 0.227 e. The lowest BCUT2D eigenvalue weighted by atomic mass is 9.99. The molecule has 2 aromatic rings. The van der Waals surface area contributed by atoms with Crippen LogP contribution in [-0.2, 0) is 22.4 Å². The molecule has 0 N–H and O–H groups in total. The molecule has 1 saturated heterocycles. The highest BCUT2D eigenvalue weighted by atomic mass is 19.1. The number of piperazine rings is 1. The molecule has 1 aliphatic rings. The van der Waals surface area contributed by atoms with E-state index in [9.17, 15) is 14.0 Å². The SMILES string of the molecule is CC(Cc1ccccc1F)C(=O)N1CCN(C(=O)Cc2ccccc2)CC1. The van der Waals surface area contributed by atoms with Crippen molar-refractivity contribution in [3.63, 3.8) is 0 Å². The average Bonchev–Trinajstić information content (AvgIpc) is 2.70. The lowest BCUT2D eigenvalue weighted by Gasteiger charge is -2.36. The number of hydrogen-bond acceptors (Lipinski definition) is 2. The van der Waals surface area contributed by atoms with Gasteiger partial charge in [0.05, 0.1) is 6.42 Å². The van der Waals surface area contributed by atoms with E-state index >= 15 is 0 Å². The third kappa shape index (κ3) is 4.94. The van der Waals surface area contributed by atoms with Crippen molar-refractivity contribution in [3.8, 4) is 0 Å². The summed E-state index contributed by atoms with van der Waals surface area (Å²) in [6.07, 6.45) is 0.775. The van der Waals surface area contributed by atoms with Crippen LogP contribution in [0.5, 0.6) is 0 Å². The van der Waals surface area contributed by atoms with Crippen molar-refractivity contribution in [1.82, 2.24) is 9.80 Å². The maximum Gasteiger partial charge on any atom is 0.227 e. The average molecular weight is 368 g/mol. The van der Waals surface area contributed by atoms with Crippen LogP contribution in [0.4, 0.5) is 4.39 Å². The van der Waals surface area contributed by atoms with E-state index < -0.39 is 0 Å². The van der Waals surface area contributed by atoms with Crippen molar-refractivity contribution in [1.29, 1.82) is 0 Å². The second-order valence-electron chi connectivity index (χ2n) is 7.07. The van der Waals surface area contributed by atoms with E-state index in [1.807, 2.05) is 42.2 Å². The van der Waals surface area contributed by atoms with Gasteiger partial charge in [0, 0.05) is 32.1 Å². The van der Waals surface area contributed by atoms with Crippen LogP contribution in [0.3, 0.4) is 0 Å². The molecule has 0 saturated carbocycles. The Hall–Kier alpha value is -2.69. The second-order valence-corrected chi connectivity index (χ2v) is 7.07. The van der Waals surface area contributed by atoms with Gasteiger partial charge in [-0.2, -0.15) is 0 Å². The minimum Gasteiger partial charge on any atom is -0.339 e. The maximum absolute atomic E-state index is 13.8. The number of carbonyl (C=O) groups is 2. The van der Waals surface area contributed by atoms with Crippen LogP contribution in [0.15, 0.2) is 54.6 Å². The van der Waals surface area contributed by atoms with E-state index in [2.05, 4.69) is 0 Å². The lowest BCUT2D eigenvalue weighted by molar-refractivity contribution is -0.141. The minimum atomic E-state index is -0.284. The van der Waals surface area contributed by atoms with E-state index in [1.54, 1.807) is 23.1 Å². The Morgan fingerprint density at radius 3 is 2.19 bits per heavy atom. The number of rotatable bonds is 5. The fraction of sp³-hybridized carbons (Fsp3) is 0.364. The summed E-state index contributed by atoms with van der Waals surface area (Å²) in [5.41, 5.74) is 1.56. The third-order valence-corrected chi connectivity index (χ3v) is 5.05. The molecular weight excluding hydrogens is 343 g/mol. The summed E-state index contributed by atoms with van der Waals surface area (Å²) in [4.78, 5) is 28.7. The first kappa shape index (κ1) is 19.1. The molecule has 1 heterocycles. The number of amides is 2. The molecule has 1 fully saturated rings. The van der Waals surface area contributed by atoms with Gasteiger partial charge in [-0.15, -0.1) is 0 Å². The summed E-state index contributed by atoms with van der Waals surface area (Å²) < 4.78 is 13.8. The minimum absolute atomic E-state index is 0.0217. The molecule has 0 aromatic heterocycles. The molecule has 1 atom stereocenters. The first-order valence-corrected chi connectivity index (χ1v) is 9.38. The van der Waals surface area contributed by atoms with Gasteiger partial charge in [-0.3, -0.25) is 9.59 Å². The van der Waals surface area contributed by atoms with Gasteiger partial charge >= 0.3 is 0 Å². The predicted octanol–water partition coefficient (Wildman–Crippen LogP) is 2.92. The molecule has 142 valence electrons. The molecule has 0 bridgehead atoms. The Bertz CT molecular complexity index is 786. The van der Waals surface area contributed by atoms with Gasteiger partial charge in [0.25, 0.3) is 0 Å². The van der Waals surface area contributed by atoms with Gasteiger partial charge in [0.2, 0.25) is 11.8 Å². The highest BCUT2D eigenvalue weighted by Gasteiger charge is 2.27. The van der Waals surface area contributed by atoms with Crippen LogP contribution >= 0.6 is 0 Å². The van der Waals surface area contributed by atoms with Crippen LogP contribution in [0.25, 0.3) is 0 Å². The van der Waals surface area contributed by atoms with Crippen molar-refractivity contribution >= 4 is 11.8 Å². The lowest BCUT2D eigenvalue weighted by Crippen LogP contribution is -2.52. The molecule has 27 heavy (non-hydrogen) atoms. The molecule has 5 heteroatoms. The molecule has 4 nitrogen and oxygen atoms in total. The Labute approximate surface area is 159 Å². The zero-order chi connectivity index (χ0) is 19.2. The number of hydrogen-bond donors (Lipinski definition) is 0. The summed E-state index contributed by atoms with van der Waals surface area (Å²) in [7, 11) is 0. The van der Waals surface area contributed by atoms with Crippen LogP contribution < -0.4 is 0 Å². The monoisotopic (exact) mass is 368 g/mol. The topological polar surface area (TPSA) is 40.6 Å². The molecule has 1 aliphatic heterocycles. The molecule has 0 aliphatic carbocycles. The third-order valence-electron chi connectivity index (χ3n) is 5.05. The molecule has 2 aromatic carbocycles. The number of halogens is 1. The fourth-order valence-electron chi connectivity index (χ4n) is 3.45. The molecule has 1 unspecified atom stereocenters. The van der Waals surface area contributed by atoms with Crippen LogP contribution in [0, 0.1) is 11.7 Å². The molecule has 0 spiro atoms. The van der Waals surface area contributed by atoms with Gasteiger partial charge in [-0.05, 0) is 23.6 Å². The van der Waals surface area contributed by atoms with Crippen LogP contribution in [0.1, 0.15) is 18.1 Å². The van der Waals surface area contributed by atoms with Crippen molar-refractivity contribution in [2.45, 2.75) is 19.8 Å². The zero-order valence-electron chi connectivity index (χ0n) is 15.6. The van der Waals surface area contributed by atoms with Gasteiger partial charge in [0.15, 0.2) is 0 Å². The normalized spacial score (nSPS) is 15.5.